The number of rotatable bonds is 4. The van der Waals surface area contributed by atoms with Gasteiger partial charge >= 0.3 is 0 Å². The van der Waals surface area contributed by atoms with E-state index in [9.17, 15) is 0 Å². The van der Waals surface area contributed by atoms with Crippen LogP contribution in [-0.2, 0) is 5.75 Å². The van der Waals surface area contributed by atoms with E-state index < -0.39 is 0 Å². The van der Waals surface area contributed by atoms with Gasteiger partial charge in [-0.15, -0.1) is 23.1 Å². The molecule has 4 rings (SSSR count). The van der Waals surface area contributed by atoms with E-state index in [2.05, 4.69) is 46.5 Å². The van der Waals surface area contributed by atoms with E-state index in [0.29, 0.717) is 0 Å². The first kappa shape index (κ1) is 16.6. The highest BCUT2D eigenvalue weighted by atomic mass is 35.5. The Morgan fingerprint density at radius 2 is 1.76 bits per heavy atom. The molecule has 25 heavy (non-hydrogen) atoms. The molecular weight excluding hydrogens is 368 g/mol. The van der Waals surface area contributed by atoms with Crippen LogP contribution in [0.25, 0.3) is 21.3 Å². The molecule has 0 radical (unpaired) electrons. The second-order valence-corrected chi connectivity index (χ2v) is 8.05. The van der Waals surface area contributed by atoms with Crippen LogP contribution in [0.3, 0.4) is 0 Å². The van der Waals surface area contributed by atoms with E-state index >= 15 is 0 Å². The molecule has 0 aliphatic rings. The zero-order chi connectivity index (χ0) is 17.2. The van der Waals surface area contributed by atoms with Gasteiger partial charge in [0, 0.05) is 21.7 Å². The van der Waals surface area contributed by atoms with Crippen LogP contribution in [-0.4, -0.2) is 9.97 Å². The van der Waals surface area contributed by atoms with Crippen LogP contribution in [0.4, 0.5) is 0 Å². The van der Waals surface area contributed by atoms with Crippen molar-refractivity contribution in [1.82, 2.24) is 9.97 Å². The average Bonchev–Trinajstić information content (AvgIpc) is 3.07. The van der Waals surface area contributed by atoms with E-state index in [1.165, 1.54) is 16.7 Å². The smallest absolute Gasteiger partial charge is 0.128 e. The Morgan fingerprint density at radius 1 is 1.00 bits per heavy atom. The molecule has 0 unspecified atom stereocenters. The summed E-state index contributed by atoms with van der Waals surface area (Å²) in [6.45, 7) is 2.11. The lowest BCUT2D eigenvalue weighted by Gasteiger charge is -2.06. The summed E-state index contributed by atoms with van der Waals surface area (Å²) in [4.78, 5) is 10.0. The van der Waals surface area contributed by atoms with Gasteiger partial charge in [0.25, 0.3) is 0 Å². The van der Waals surface area contributed by atoms with Crippen molar-refractivity contribution in [2.24, 2.45) is 0 Å². The Morgan fingerprint density at radius 3 is 2.52 bits per heavy atom. The van der Waals surface area contributed by atoms with Crippen molar-refractivity contribution in [3.63, 3.8) is 0 Å². The van der Waals surface area contributed by atoms with Gasteiger partial charge in [0.05, 0.1) is 5.39 Å². The largest absolute Gasteiger partial charge is 0.229 e. The normalized spacial score (nSPS) is 11.1. The number of benzene rings is 2. The molecular formula is C20H15ClN2S2. The predicted molar refractivity (Wildman–Crippen MR) is 109 cm³/mol. The number of hydrogen-bond donors (Lipinski definition) is 0. The molecule has 0 bridgehead atoms. The maximum absolute atomic E-state index is 6.03. The molecule has 2 nitrogen and oxygen atoms in total. The molecule has 0 aliphatic heterocycles. The molecule has 0 amide bonds. The van der Waals surface area contributed by atoms with Crippen LogP contribution in [0, 0.1) is 6.92 Å². The standard InChI is InChI=1S/C20H15ClN2S2/c1-13-2-4-14(5-3-13)10-24-19-18-17(11-25-20(18)23-12-22-19)15-6-8-16(21)9-7-15/h2-9,11-12H,10H2,1H3. The summed E-state index contributed by atoms with van der Waals surface area (Å²) in [6.07, 6.45) is 1.65. The monoisotopic (exact) mass is 382 g/mol. The van der Waals surface area contributed by atoms with E-state index in [4.69, 9.17) is 11.6 Å². The van der Waals surface area contributed by atoms with Crippen molar-refractivity contribution >= 4 is 44.9 Å². The minimum atomic E-state index is 0.744. The van der Waals surface area contributed by atoms with E-state index in [0.717, 1.165) is 31.6 Å². The van der Waals surface area contributed by atoms with Gasteiger partial charge in [0.15, 0.2) is 0 Å². The quantitative estimate of drug-likeness (QED) is 0.293. The third-order valence-corrected chi connectivity index (χ3v) is 6.19. The number of hydrogen-bond acceptors (Lipinski definition) is 4. The highest BCUT2D eigenvalue weighted by Gasteiger charge is 2.13. The van der Waals surface area contributed by atoms with E-state index in [1.807, 2.05) is 24.3 Å². The summed E-state index contributed by atoms with van der Waals surface area (Å²) < 4.78 is 0. The number of thiophene rings is 1. The number of nitrogens with zero attached hydrogens (tertiary/aromatic N) is 2. The summed E-state index contributed by atoms with van der Waals surface area (Å²) in [7, 11) is 0. The fraction of sp³-hybridized carbons (Fsp3) is 0.100. The highest BCUT2D eigenvalue weighted by molar-refractivity contribution is 7.98. The number of aromatic nitrogens is 2. The lowest BCUT2D eigenvalue weighted by molar-refractivity contribution is 1.11. The molecule has 2 aromatic carbocycles. The highest BCUT2D eigenvalue weighted by Crippen LogP contribution is 2.38. The maximum atomic E-state index is 6.03. The zero-order valence-corrected chi connectivity index (χ0v) is 16.0. The first-order valence-electron chi connectivity index (χ1n) is 7.87. The van der Waals surface area contributed by atoms with Gasteiger partial charge in [-0.3, -0.25) is 0 Å². The molecule has 0 N–H and O–H groups in total. The Kier molecular flexibility index (Phi) is 4.75. The molecule has 0 saturated heterocycles. The topological polar surface area (TPSA) is 25.8 Å². The van der Waals surface area contributed by atoms with Crippen molar-refractivity contribution in [1.29, 1.82) is 0 Å². The van der Waals surface area contributed by atoms with Crippen molar-refractivity contribution in [2.45, 2.75) is 17.7 Å². The molecule has 2 heterocycles. The second kappa shape index (κ2) is 7.16. The second-order valence-electron chi connectivity index (χ2n) is 5.79. The first-order valence-corrected chi connectivity index (χ1v) is 10.1. The van der Waals surface area contributed by atoms with Crippen LogP contribution in [0.1, 0.15) is 11.1 Å². The number of aryl methyl sites for hydroxylation is 1. The number of thioether (sulfide) groups is 1. The third-order valence-electron chi connectivity index (χ3n) is 3.99. The molecule has 5 heteroatoms. The minimum absolute atomic E-state index is 0.744. The van der Waals surface area contributed by atoms with Crippen molar-refractivity contribution in [3.8, 4) is 11.1 Å². The Hall–Kier alpha value is -1.88. The third kappa shape index (κ3) is 3.56. The summed E-state index contributed by atoms with van der Waals surface area (Å²) in [5.41, 5.74) is 4.89. The van der Waals surface area contributed by atoms with Gasteiger partial charge in [-0.1, -0.05) is 53.6 Å². The van der Waals surface area contributed by atoms with Crippen molar-refractivity contribution in [2.75, 3.05) is 0 Å². The SMILES string of the molecule is Cc1ccc(CSc2ncnc3scc(-c4ccc(Cl)cc4)c23)cc1. The predicted octanol–water partition coefficient (Wildman–Crippen LogP) is 6.61. The fourth-order valence-corrected chi connectivity index (χ4v) is 4.71. The molecule has 2 aromatic heterocycles. The fourth-order valence-electron chi connectivity index (χ4n) is 2.64. The summed E-state index contributed by atoms with van der Waals surface area (Å²) in [6, 6.07) is 16.6. The van der Waals surface area contributed by atoms with Gasteiger partial charge in [-0.05, 0) is 30.2 Å². The Labute approximate surface area is 159 Å². The summed E-state index contributed by atoms with van der Waals surface area (Å²) >= 11 is 9.43. The minimum Gasteiger partial charge on any atom is -0.229 e. The summed E-state index contributed by atoms with van der Waals surface area (Å²) in [5.74, 6) is 0.891. The molecule has 0 aliphatic carbocycles. The van der Waals surface area contributed by atoms with Crippen molar-refractivity contribution in [3.05, 3.63) is 76.4 Å². The van der Waals surface area contributed by atoms with Crippen LogP contribution >= 0.6 is 34.7 Å². The average molecular weight is 383 g/mol. The van der Waals surface area contributed by atoms with Crippen LogP contribution in [0.5, 0.6) is 0 Å². The zero-order valence-electron chi connectivity index (χ0n) is 13.6. The molecule has 124 valence electrons. The molecule has 0 saturated carbocycles. The Balaban J connectivity index is 1.70. The van der Waals surface area contributed by atoms with Crippen LogP contribution in [0.15, 0.2) is 65.3 Å². The molecule has 0 atom stereocenters. The van der Waals surface area contributed by atoms with Gasteiger partial charge in [0.1, 0.15) is 16.2 Å². The molecule has 0 spiro atoms. The van der Waals surface area contributed by atoms with E-state index in [1.54, 1.807) is 29.4 Å². The number of halogens is 1. The van der Waals surface area contributed by atoms with Gasteiger partial charge < -0.3 is 0 Å². The van der Waals surface area contributed by atoms with E-state index in [-0.39, 0.29) is 0 Å². The first-order chi connectivity index (χ1) is 12.2. The number of fused-ring (bicyclic) bond motifs is 1. The van der Waals surface area contributed by atoms with Gasteiger partial charge in [0.2, 0.25) is 0 Å². The van der Waals surface area contributed by atoms with Crippen molar-refractivity contribution < 1.29 is 0 Å². The molecule has 4 aromatic rings. The molecule has 0 fully saturated rings. The Bertz CT molecular complexity index is 1010. The van der Waals surface area contributed by atoms with Gasteiger partial charge in [-0.2, -0.15) is 0 Å². The van der Waals surface area contributed by atoms with Gasteiger partial charge in [-0.25, -0.2) is 9.97 Å². The van der Waals surface area contributed by atoms with Crippen LogP contribution < -0.4 is 0 Å². The lowest BCUT2D eigenvalue weighted by Crippen LogP contribution is -1.87. The lowest BCUT2D eigenvalue weighted by atomic mass is 10.1. The summed E-state index contributed by atoms with van der Waals surface area (Å²) in [5, 5.41) is 5.05. The van der Waals surface area contributed by atoms with Crippen LogP contribution in [0.2, 0.25) is 5.02 Å². The maximum Gasteiger partial charge on any atom is 0.128 e.